The van der Waals surface area contributed by atoms with Crippen LogP contribution in [0.1, 0.15) is 27.7 Å². The molecule has 1 saturated heterocycles. The van der Waals surface area contributed by atoms with Crippen molar-refractivity contribution in [3.63, 3.8) is 0 Å². The molecule has 0 spiro atoms. The van der Waals surface area contributed by atoms with Crippen molar-refractivity contribution in [3.05, 3.63) is 24.3 Å². The van der Waals surface area contributed by atoms with Crippen molar-refractivity contribution in [2.45, 2.75) is 33.3 Å². The van der Waals surface area contributed by atoms with Crippen molar-refractivity contribution in [3.8, 4) is 5.75 Å². The fraction of sp³-hybridized carbons (Fsp3) is 0.562. The zero-order valence-corrected chi connectivity index (χ0v) is 13.9. The highest BCUT2D eigenvalue weighted by molar-refractivity contribution is 5.94. The molecule has 4 nitrogen and oxygen atoms in total. The summed E-state index contributed by atoms with van der Waals surface area (Å²) in [6, 6.07) is 7.58. The van der Waals surface area contributed by atoms with Crippen LogP contribution in [0.2, 0.25) is 0 Å². The third-order valence-electron chi connectivity index (χ3n) is 3.49. The van der Waals surface area contributed by atoms with Crippen molar-refractivity contribution >= 4 is 24.0 Å². The molecule has 2 N–H and O–H groups in total. The molecular weight excluding hydrogens is 288 g/mol. The Labute approximate surface area is 133 Å². The summed E-state index contributed by atoms with van der Waals surface area (Å²) in [4.78, 5) is 12.3. The predicted octanol–water partition coefficient (Wildman–Crippen LogP) is 3.08. The molecule has 1 unspecified atom stereocenters. The summed E-state index contributed by atoms with van der Waals surface area (Å²) < 4.78 is 5.89. The lowest BCUT2D eigenvalue weighted by Gasteiger charge is -2.32. The Hall–Kier alpha value is -1.26. The van der Waals surface area contributed by atoms with Gasteiger partial charge in [0, 0.05) is 5.92 Å². The second kappa shape index (κ2) is 7.14. The van der Waals surface area contributed by atoms with Crippen LogP contribution in [0.4, 0.5) is 5.69 Å². The van der Waals surface area contributed by atoms with E-state index in [0.717, 1.165) is 18.8 Å². The van der Waals surface area contributed by atoms with Crippen molar-refractivity contribution in [2.75, 3.05) is 18.4 Å². The largest absolute Gasteiger partial charge is 0.486 e. The highest BCUT2D eigenvalue weighted by Gasteiger charge is 2.29. The predicted molar refractivity (Wildman–Crippen MR) is 88.2 cm³/mol. The molecule has 118 valence electrons. The number of hydrogen-bond acceptors (Lipinski definition) is 3. The van der Waals surface area contributed by atoms with Crippen molar-refractivity contribution in [1.29, 1.82) is 0 Å². The number of ether oxygens (including phenoxy) is 1. The first-order chi connectivity index (χ1) is 9.37. The molecule has 1 atom stereocenters. The quantitative estimate of drug-likeness (QED) is 0.898. The molecule has 0 aliphatic carbocycles. The number of para-hydroxylation sites is 2. The highest BCUT2D eigenvalue weighted by Crippen LogP contribution is 2.28. The average molecular weight is 313 g/mol. The van der Waals surface area contributed by atoms with Gasteiger partial charge in [-0.15, -0.1) is 12.4 Å². The van der Waals surface area contributed by atoms with Gasteiger partial charge in [-0.25, -0.2) is 0 Å². The minimum atomic E-state index is -0.287. The van der Waals surface area contributed by atoms with Crippen LogP contribution in [0.15, 0.2) is 24.3 Å². The summed E-state index contributed by atoms with van der Waals surface area (Å²) in [7, 11) is 0. The minimum absolute atomic E-state index is 0. The Morgan fingerprint density at radius 2 is 1.95 bits per heavy atom. The van der Waals surface area contributed by atoms with Gasteiger partial charge >= 0.3 is 0 Å². The summed E-state index contributed by atoms with van der Waals surface area (Å²) >= 11 is 0. The van der Waals surface area contributed by atoms with E-state index in [-0.39, 0.29) is 29.8 Å². The number of nitrogens with one attached hydrogen (secondary N) is 2. The number of carbonyl (C=O) groups excluding carboxylic acids is 1. The van der Waals surface area contributed by atoms with Crippen molar-refractivity contribution < 1.29 is 9.53 Å². The zero-order valence-electron chi connectivity index (χ0n) is 13.1. The molecule has 1 aliphatic heterocycles. The summed E-state index contributed by atoms with van der Waals surface area (Å²) in [6.45, 7) is 9.81. The van der Waals surface area contributed by atoms with E-state index in [1.54, 1.807) is 0 Å². The molecule has 0 aromatic heterocycles. The zero-order chi connectivity index (χ0) is 14.8. The van der Waals surface area contributed by atoms with E-state index < -0.39 is 0 Å². The first kappa shape index (κ1) is 17.8. The van der Waals surface area contributed by atoms with Gasteiger partial charge in [0.2, 0.25) is 5.91 Å². The van der Waals surface area contributed by atoms with Crippen LogP contribution < -0.4 is 15.4 Å². The maximum Gasteiger partial charge on any atom is 0.227 e. The van der Waals surface area contributed by atoms with Crippen molar-refractivity contribution in [2.24, 2.45) is 11.8 Å². The SMILES string of the molecule is CC(C(=O)Nc1ccccc1OC(C)(C)C)C1CNC1.Cl. The van der Waals surface area contributed by atoms with Gasteiger partial charge < -0.3 is 15.4 Å². The summed E-state index contributed by atoms with van der Waals surface area (Å²) in [5, 5.41) is 6.19. The van der Waals surface area contributed by atoms with Crippen LogP contribution in [-0.2, 0) is 4.79 Å². The molecule has 1 fully saturated rings. The number of benzene rings is 1. The van der Waals surface area contributed by atoms with Crippen LogP contribution in [0.5, 0.6) is 5.75 Å². The van der Waals surface area contributed by atoms with E-state index in [9.17, 15) is 4.79 Å². The van der Waals surface area contributed by atoms with Crippen molar-refractivity contribution in [1.82, 2.24) is 5.32 Å². The molecule has 0 radical (unpaired) electrons. The third kappa shape index (κ3) is 4.90. The molecule has 21 heavy (non-hydrogen) atoms. The lowest BCUT2D eigenvalue weighted by molar-refractivity contribution is -0.121. The molecule has 1 aromatic rings. The van der Waals surface area contributed by atoms with Gasteiger partial charge in [0.05, 0.1) is 5.69 Å². The number of rotatable bonds is 4. The molecule has 0 bridgehead atoms. The Kier molecular flexibility index (Phi) is 6.05. The van der Waals surface area contributed by atoms with E-state index in [1.807, 2.05) is 52.0 Å². The molecule has 1 aliphatic rings. The fourth-order valence-corrected chi connectivity index (χ4v) is 2.11. The average Bonchev–Trinajstić information content (AvgIpc) is 2.27. The van der Waals surface area contributed by atoms with Crippen LogP contribution in [0.25, 0.3) is 0 Å². The standard InChI is InChI=1S/C16H24N2O2.ClH/c1-11(12-9-17-10-12)15(19)18-13-7-5-6-8-14(13)20-16(2,3)4;/h5-8,11-12,17H,9-10H2,1-4H3,(H,18,19);1H. The fourth-order valence-electron chi connectivity index (χ4n) is 2.11. The number of amides is 1. The van der Waals surface area contributed by atoms with E-state index in [0.29, 0.717) is 11.7 Å². The number of hydrogen-bond donors (Lipinski definition) is 2. The summed E-state index contributed by atoms with van der Waals surface area (Å²) in [5.74, 6) is 1.22. The maximum absolute atomic E-state index is 12.3. The van der Waals surface area contributed by atoms with E-state index in [4.69, 9.17) is 4.74 Å². The first-order valence-corrected chi connectivity index (χ1v) is 7.16. The van der Waals surface area contributed by atoms with Crippen LogP contribution in [0, 0.1) is 11.8 Å². The normalized spacial score (nSPS) is 16.4. The van der Waals surface area contributed by atoms with E-state index in [1.165, 1.54) is 0 Å². The Bertz CT molecular complexity index is 481. The topological polar surface area (TPSA) is 50.4 Å². The lowest BCUT2D eigenvalue weighted by Crippen LogP contribution is -2.48. The van der Waals surface area contributed by atoms with Gasteiger partial charge in [-0.05, 0) is 51.9 Å². The van der Waals surface area contributed by atoms with Crippen LogP contribution in [0.3, 0.4) is 0 Å². The molecule has 1 amide bonds. The Morgan fingerprint density at radius 3 is 2.48 bits per heavy atom. The highest BCUT2D eigenvalue weighted by atomic mass is 35.5. The first-order valence-electron chi connectivity index (χ1n) is 7.16. The number of halogens is 1. The molecule has 1 aromatic carbocycles. The van der Waals surface area contributed by atoms with Gasteiger partial charge in [-0.2, -0.15) is 0 Å². The van der Waals surface area contributed by atoms with Gasteiger partial charge in [-0.3, -0.25) is 4.79 Å². The lowest BCUT2D eigenvalue weighted by atomic mass is 9.88. The monoisotopic (exact) mass is 312 g/mol. The Morgan fingerprint density at radius 1 is 1.33 bits per heavy atom. The smallest absolute Gasteiger partial charge is 0.227 e. The van der Waals surface area contributed by atoms with Crippen LogP contribution >= 0.6 is 12.4 Å². The molecule has 0 saturated carbocycles. The maximum atomic E-state index is 12.3. The third-order valence-corrected chi connectivity index (χ3v) is 3.49. The molecule has 2 rings (SSSR count). The molecule has 5 heteroatoms. The molecule has 1 heterocycles. The minimum Gasteiger partial charge on any atom is -0.486 e. The van der Waals surface area contributed by atoms with E-state index >= 15 is 0 Å². The van der Waals surface area contributed by atoms with Crippen LogP contribution in [-0.4, -0.2) is 24.6 Å². The molecular formula is C16H25ClN2O2. The van der Waals surface area contributed by atoms with E-state index in [2.05, 4.69) is 10.6 Å². The van der Waals surface area contributed by atoms with Gasteiger partial charge in [0.25, 0.3) is 0 Å². The van der Waals surface area contributed by atoms with Gasteiger partial charge in [0.15, 0.2) is 0 Å². The number of anilines is 1. The summed E-state index contributed by atoms with van der Waals surface area (Å²) in [6.07, 6.45) is 0. The van der Waals surface area contributed by atoms with Gasteiger partial charge in [0.1, 0.15) is 11.4 Å². The van der Waals surface area contributed by atoms with Gasteiger partial charge in [-0.1, -0.05) is 19.1 Å². The summed E-state index contributed by atoms with van der Waals surface area (Å²) in [5.41, 5.74) is 0.455. The Balaban J connectivity index is 0.00000220. The number of carbonyl (C=O) groups is 1. The second-order valence-electron chi connectivity index (χ2n) is 6.41. The second-order valence-corrected chi connectivity index (χ2v) is 6.41.